The van der Waals surface area contributed by atoms with Gasteiger partial charge in [-0.1, -0.05) is 18.6 Å². The smallest absolute Gasteiger partial charge is 0.253 e. The minimum atomic E-state index is -2.86. The molecule has 7 heteroatoms. The molecule has 6 nitrogen and oxygen atoms in total. The highest BCUT2D eigenvalue weighted by atomic mass is 32.2. The van der Waals surface area contributed by atoms with Crippen LogP contribution in [0.15, 0.2) is 24.3 Å². The summed E-state index contributed by atoms with van der Waals surface area (Å²) >= 11 is 0. The first kappa shape index (κ1) is 19.9. The predicted molar refractivity (Wildman–Crippen MR) is 110 cm³/mol. The number of likely N-dealkylation sites (tertiary alicyclic amines) is 1. The molecule has 1 atom stereocenters. The van der Waals surface area contributed by atoms with Crippen LogP contribution in [0.1, 0.15) is 41.6 Å². The van der Waals surface area contributed by atoms with Crippen molar-refractivity contribution in [2.24, 2.45) is 0 Å². The number of sulfone groups is 1. The number of nitrogens with zero attached hydrogens (tertiary/aromatic N) is 3. The summed E-state index contributed by atoms with van der Waals surface area (Å²) in [6.45, 7) is 6.19. The van der Waals surface area contributed by atoms with E-state index in [0.717, 1.165) is 31.6 Å². The molecule has 3 aliphatic rings. The average Bonchev–Trinajstić information content (AvgIpc) is 3.09. The average molecular weight is 406 g/mol. The van der Waals surface area contributed by atoms with Gasteiger partial charge in [0.2, 0.25) is 0 Å². The van der Waals surface area contributed by atoms with Gasteiger partial charge in [0.1, 0.15) is 0 Å². The maximum absolute atomic E-state index is 12.8. The quantitative estimate of drug-likeness (QED) is 0.762. The molecule has 3 aliphatic heterocycles. The molecule has 3 saturated heterocycles. The molecule has 154 valence electrons. The second kappa shape index (κ2) is 8.51. The van der Waals surface area contributed by atoms with E-state index in [1.165, 1.54) is 37.9 Å². The highest BCUT2D eigenvalue weighted by Gasteiger charge is 2.34. The predicted octanol–water partition coefficient (Wildman–Crippen LogP) is 1.62. The van der Waals surface area contributed by atoms with Gasteiger partial charge in [0.05, 0.1) is 11.5 Å². The number of piperidine rings is 1. The number of carbonyl (C=O) groups is 1. The molecule has 4 rings (SSSR count). The molecule has 0 spiro atoms. The SMILES string of the molecule is O=C(c1ccc(CN2CCCCC2)cc1)N1CCN(C2CCS(=O)(=O)C2)CC1. The van der Waals surface area contributed by atoms with E-state index in [4.69, 9.17) is 0 Å². The molecule has 0 N–H and O–H groups in total. The lowest BCUT2D eigenvalue weighted by Gasteiger charge is -2.37. The Balaban J connectivity index is 1.29. The third-order valence-electron chi connectivity index (χ3n) is 6.38. The zero-order valence-electron chi connectivity index (χ0n) is 16.6. The van der Waals surface area contributed by atoms with Crippen molar-refractivity contribution in [3.63, 3.8) is 0 Å². The van der Waals surface area contributed by atoms with Gasteiger partial charge in [-0.15, -0.1) is 0 Å². The topological polar surface area (TPSA) is 60.9 Å². The van der Waals surface area contributed by atoms with Crippen LogP contribution in [0.4, 0.5) is 0 Å². The first-order valence-electron chi connectivity index (χ1n) is 10.6. The van der Waals surface area contributed by atoms with E-state index in [0.29, 0.717) is 18.8 Å². The van der Waals surface area contributed by atoms with Crippen LogP contribution in [-0.4, -0.2) is 85.8 Å². The lowest BCUT2D eigenvalue weighted by atomic mass is 10.1. The van der Waals surface area contributed by atoms with Crippen LogP contribution >= 0.6 is 0 Å². The maximum atomic E-state index is 12.8. The summed E-state index contributed by atoms with van der Waals surface area (Å²) in [5.74, 6) is 0.670. The molecule has 0 aliphatic carbocycles. The van der Waals surface area contributed by atoms with E-state index in [2.05, 4.69) is 21.9 Å². The molecular weight excluding hydrogens is 374 g/mol. The molecule has 1 aromatic carbocycles. The zero-order chi connectivity index (χ0) is 19.6. The molecule has 1 amide bonds. The molecular formula is C21H31N3O3S. The fourth-order valence-corrected chi connectivity index (χ4v) is 6.43. The molecule has 0 radical (unpaired) electrons. The molecule has 1 unspecified atom stereocenters. The Kier molecular flexibility index (Phi) is 6.04. The third kappa shape index (κ3) is 4.75. The minimum absolute atomic E-state index is 0.0863. The molecule has 3 heterocycles. The fraction of sp³-hybridized carbons (Fsp3) is 0.667. The minimum Gasteiger partial charge on any atom is -0.336 e. The van der Waals surface area contributed by atoms with Gasteiger partial charge in [0.25, 0.3) is 5.91 Å². The van der Waals surface area contributed by atoms with Crippen LogP contribution in [0.25, 0.3) is 0 Å². The van der Waals surface area contributed by atoms with Crippen molar-refractivity contribution in [3.05, 3.63) is 35.4 Å². The fourth-order valence-electron chi connectivity index (χ4n) is 4.66. The highest BCUT2D eigenvalue weighted by Crippen LogP contribution is 2.20. The standard InChI is InChI=1S/C21H31N3O3S/c25-21(19-6-4-18(5-7-19)16-22-9-2-1-3-10-22)24-13-11-23(12-14-24)20-8-15-28(26,27)17-20/h4-7,20H,1-3,8-17H2. The summed E-state index contributed by atoms with van der Waals surface area (Å²) in [5, 5.41) is 0. The highest BCUT2D eigenvalue weighted by molar-refractivity contribution is 7.91. The van der Waals surface area contributed by atoms with E-state index < -0.39 is 9.84 Å². The molecule has 0 saturated carbocycles. The summed E-state index contributed by atoms with van der Waals surface area (Å²) in [6.07, 6.45) is 4.65. The van der Waals surface area contributed by atoms with Crippen molar-refractivity contribution in [3.8, 4) is 0 Å². The Morgan fingerprint density at radius 2 is 1.61 bits per heavy atom. The third-order valence-corrected chi connectivity index (χ3v) is 8.13. The van der Waals surface area contributed by atoms with Crippen molar-refractivity contribution in [1.29, 1.82) is 0 Å². The lowest BCUT2D eigenvalue weighted by molar-refractivity contribution is 0.0588. The Hall–Kier alpha value is -1.44. The molecule has 3 fully saturated rings. The lowest BCUT2D eigenvalue weighted by Crippen LogP contribution is -2.52. The van der Waals surface area contributed by atoms with Crippen LogP contribution in [-0.2, 0) is 16.4 Å². The van der Waals surface area contributed by atoms with Gasteiger partial charge in [-0.2, -0.15) is 0 Å². The Bertz CT molecular complexity index is 780. The Morgan fingerprint density at radius 1 is 0.929 bits per heavy atom. The maximum Gasteiger partial charge on any atom is 0.253 e. The summed E-state index contributed by atoms with van der Waals surface area (Å²) < 4.78 is 23.4. The molecule has 0 aromatic heterocycles. The molecule has 1 aromatic rings. The number of piperazine rings is 1. The number of benzene rings is 1. The Labute approximate surface area is 168 Å². The zero-order valence-corrected chi connectivity index (χ0v) is 17.4. The number of carbonyl (C=O) groups excluding carboxylic acids is 1. The monoisotopic (exact) mass is 405 g/mol. The summed E-state index contributed by atoms with van der Waals surface area (Å²) in [7, 11) is -2.86. The normalized spacial score (nSPS) is 26.4. The number of rotatable bonds is 4. The van der Waals surface area contributed by atoms with Crippen molar-refractivity contribution >= 4 is 15.7 Å². The van der Waals surface area contributed by atoms with E-state index >= 15 is 0 Å². The van der Waals surface area contributed by atoms with Gasteiger partial charge >= 0.3 is 0 Å². The van der Waals surface area contributed by atoms with Gasteiger partial charge in [-0.25, -0.2) is 8.42 Å². The second-order valence-corrected chi connectivity index (χ2v) is 10.6. The van der Waals surface area contributed by atoms with E-state index in [-0.39, 0.29) is 17.7 Å². The van der Waals surface area contributed by atoms with Crippen LogP contribution in [0.2, 0.25) is 0 Å². The summed E-state index contributed by atoms with van der Waals surface area (Å²) in [5.41, 5.74) is 2.02. The van der Waals surface area contributed by atoms with Crippen LogP contribution in [0.5, 0.6) is 0 Å². The van der Waals surface area contributed by atoms with Gasteiger partial charge in [0, 0.05) is 44.3 Å². The second-order valence-electron chi connectivity index (χ2n) is 8.42. The summed E-state index contributed by atoms with van der Waals surface area (Å²) in [6, 6.07) is 8.22. The number of hydrogen-bond donors (Lipinski definition) is 0. The van der Waals surface area contributed by atoms with Gasteiger partial charge in [-0.05, 0) is 50.0 Å². The first-order chi connectivity index (χ1) is 13.5. The number of hydrogen-bond acceptors (Lipinski definition) is 5. The van der Waals surface area contributed by atoms with Crippen LogP contribution in [0, 0.1) is 0 Å². The molecule has 28 heavy (non-hydrogen) atoms. The van der Waals surface area contributed by atoms with Crippen molar-refractivity contribution in [1.82, 2.24) is 14.7 Å². The molecule has 0 bridgehead atoms. The first-order valence-corrected chi connectivity index (χ1v) is 12.4. The van der Waals surface area contributed by atoms with E-state index in [1.54, 1.807) is 0 Å². The van der Waals surface area contributed by atoms with Crippen LogP contribution in [0.3, 0.4) is 0 Å². The van der Waals surface area contributed by atoms with Gasteiger partial charge in [0.15, 0.2) is 9.84 Å². The van der Waals surface area contributed by atoms with Gasteiger partial charge in [-0.3, -0.25) is 14.6 Å². The van der Waals surface area contributed by atoms with Crippen LogP contribution < -0.4 is 0 Å². The largest absolute Gasteiger partial charge is 0.336 e. The Morgan fingerprint density at radius 3 is 2.21 bits per heavy atom. The van der Waals surface area contributed by atoms with E-state index in [9.17, 15) is 13.2 Å². The van der Waals surface area contributed by atoms with Crippen molar-refractivity contribution in [2.75, 3.05) is 50.8 Å². The van der Waals surface area contributed by atoms with Gasteiger partial charge < -0.3 is 4.90 Å². The van der Waals surface area contributed by atoms with Crippen molar-refractivity contribution < 1.29 is 13.2 Å². The number of amides is 1. The van der Waals surface area contributed by atoms with Crippen molar-refractivity contribution in [2.45, 2.75) is 38.3 Å². The van der Waals surface area contributed by atoms with E-state index in [1.807, 2.05) is 17.0 Å². The summed E-state index contributed by atoms with van der Waals surface area (Å²) in [4.78, 5) is 19.5.